The summed E-state index contributed by atoms with van der Waals surface area (Å²) in [5.41, 5.74) is 2.54. The fourth-order valence-electron chi connectivity index (χ4n) is 2.61. The zero-order chi connectivity index (χ0) is 13.0. The van der Waals surface area contributed by atoms with E-state index in [4.69, 9.17) is 4.74 Å². The van der Waals surface area contributed by atoms with Crippen molar-refractivity contribution in [3.63, 3.8) is 0 Å². The second kappa shape index (κ2) is 6.12. The van der Waals surface area contributed by atoms with Gasteiger partial charge in [0.1, 0.15) is 5.75 Å². The van der Waals surface area contributed by atoms with Gasteiger partial charge < -0.3 is 10.1 Å². The summed E-state index contributed by atoms with van der Waals surface area (Å²) in [6, 6.07) is 7.01. The van der Waals surface area contributed by atoms with E-state index in [1.807, 2.05) is 0 Å². The van der Waals surface area contributed by atoms with Gasteiger partial charge in [-0.05, 0) is 57.4 Å². The molecule has 1 aromatic rings. The summed E-state index contributed by atoms with van der Waals surface area (Å²) in [4.78, 5) is 0. The molecule has 0 spiro atoms. The first-order valence-electron chi connectivity index (χ1n) is 7.19. The molecule has 2 nitrogen and oxygen atoms in total. The lowest BCUT2D eigenvalue weighted by atomic mass is 9.95. The molecule has 0 aliphatic heterocycles. The molecule has 0 amide bonds. The molecular weight excluding hydrogens is 222 g/mol. The quantitative estimate of drug-likeness (QED) is 0.844. The van der Waals surface area contributed by atoms with E-state index >= 15 is 0 Å². The van der Waals surface area contributed by atoms with Crippen molar-refractivity contribution in [3.8, 4) is 5.75 Å². The molecule has 2 rings (SSSR count). The van der Waals surface area contributed by atoms with E-state index in [-0.39, 0.29) is 6.10 Å². The van der Waals surface area contributed by atoms with Crippen molar-refractivity contribution in [3.05, 3.63) is 23.8 Å². The number of aryl methyl sites for hydroxylation is 1. The molecule has 2 heteroatoms. The van der Waals surface area contributed by atoms with Crippen LogP contribution in [0.5, 0.6) is 5.75 Å². The van der Waals surface area contributed by atoms with E-state index in [1.165, 1.54) is 43.4 Å². The average Bonchev–Trinajstić information content (AvgIpc) is 2.33. The largest absolute Gasteiger partial charge is 0.491 e. The molecule has 1 aliphatic rings. The van der Waals surface area contributed by atoms with E-state index < -0.39 is 0 Å². The number of anilines is 1. The molecule has 0 atom stereocenters. The number of ether oxygens (including phenoxy) is 1. The Kier molecular flexibility index (Phi) is 4.51. The van der Waals surface area contributed by atoms with Gasteiger partial charge in [0.05, 0.1) is 6.10 Å². The van der Waals surface area contributed by atoms with Gasteiger partial charge in [-0.25, -0.2) is 0 Å². The Hall–Kier alpha value is -1.18. The first kappa shape index (κ1) is 13.3. The van der Waals surface area contributed by atoms with Crippen LogP contribution in [0, 0.1) is 6.92 Å². The molecule has 0 bridgehead atoms. The van der Waals surface area contributed by atoms with Crippen molar-refractivity contribution in [2.24, 2.45) is 0 Å². The molecule has 1 aliphatic carbocycles. The standard InChI is InChI=1S/C16H25NO/c1-12(2)18-15-9-10-16(13(3)11-15)17-14-7-5-4-6-8-14/h9-12,14,17H,4-8H2,1-3H3. The van der Waals surface area contributed by atoms with Gasteiger partial charge in [-0.2, -0.15) is 0 Å². The molecule has 1 aromatic carbocycles. The molecule has 0 heterocycles. The highest BCUT2D eigenvalue weighted by molar-refractivity contribution is 5.54. The van der Waals surface area contributed by atoms with Crippen LogP contribution in [0.15, 0.2) is 18.2 Å². The van der Waals surface area contributed by atoms with Crippen molar-refractivity contribution < 1.29 is 4.74 Å². The van der Waals surface area contributed by atoms with Crippen LogP contribution in [-0.2, 0) is 0 Å². The molecular formula is C16H25NO. The fraction of sp³-hybridized carbons (Fsp3) is 0.625. The first-order chi connectivity index (χ1) is 8.65. The fourth-order valence-corrected chi connectivity index (χ4v) is 2.61. The van der Waals surface area contributed by atoms with Crippen LogP contribution in [-0.4, -0.2) is 12.1 Å². The predicted octanol–water partition coefficient (Wildman–Crippen LogP) is 4.53. The third-order valence-corrected chi connectivity index (χ3v) is 3.53. The van der Waals surface area contributed by atoms with E-state index in [1.54, 1.807) is 0 Å². The molecule has 0 saturated heterocycles. The van der Waals surface area contributed by atoms with E-state index in [2.05, 4.69) is 44.3 Å². The zero-order valence-corrected chi connectivity index (χ0v) is 11.8. The maximum Gasteiger partial charge on any atom is 0.120 e. The topological polar surface area (TPSA) is 21.3 Å². The summed E-state index contributed by atoms with van der Waals surface area (Å²) >= 11 is 0. The number of hydrogen-bond donors (Lipinski definition) is 1. The minimum absolute atomic E-state index is 0.238. The van der Waals surface area contributed by atoms with Gasteiger partial charge in [-0.1, -0.05) is 19.3 Å². The molecule has 100 valence electrons. The average molecular weight is 247 g/mol. The van der Waals surface area contributed by atoms with Crippen LogP contribution < -0.4 is 10.1 Å². The lowest BCUT2D eigenvalue weighted by molar-refractivity contribution is 0.242. The summed E-state index contributed by atoms with van der Waals surface area (Å²) in [5.74, 6) is 0.969. The second-order valence-electron chi connectivity index (χ2n) is 5.62. The smallest absolute Gasteiger partial charge is 0.120 e. The molecule has 0 aromatic heterocycles. The Morgan fingerprint density at radius 2 is 1.89 bits per heavy atom. The number of rotatable bonds is 4. The zero-order valence-electron chi connectivity index (χ0n) is 11.8. The van der Waals surface area contributed by atoms with Crippen molar-refractivity contribution >= 4 is 5.69 Å². The lowest BCUT2D eigenvalue weighted by Crippen LogP contribution is -2.22. The Morgan fingerprint density at radius 1 is 1.17 bits per heavy atom. The lowest BCUT2D eigenvalue weighted by Gasteiger charge is -2.25. The van der Waals surface area contributed by atoms with Gasteiger partial charge in [0.2, 0.25) is 0 Å². The maximum atomic E-state index is 5.71. The Bertz CT molecular complexity index is 381. The summed E-state index contributed by atoms with van der Waals surface area (Å²) in [5, 5.41) is 3.67. The Labute approximate surface area is 111 Å². The van der Waals surface area contributed by atoms with Crippen LogP contribution in [0.2, 0.25) is 0 Å². The van der Waals surface area contributed by atoms with Gasteiger partial charge in [-0.3, -0.25) is 0 Å². The Morgan fingerprint density at radius 3 is 2.50 bits per heavy atom. The van der Waals surface area contributed by atoms with Crippen LogP contribution in [0.25, 0.3) is 0 Å². The minimum Gasteiger partial charge on any atom is -0.491 e. The highest BCUT2D eigenvalue weighted by atomic mass is 16.5. The van der Waals surface area contributed by atoms with Gasteiger partial charge in [0, 0.05) is 11.7 Å². The SMILES string of the molecule is Cc1cc(OC(C)C)ccc1NC1CCCCC1. The van der Waals surface area contributed by atoms with Gasteiger partial charge in [0.25, 0.3) is 0 Å². The first-order valence-corrected chi connectivity index (χ1v) is 7.19. The van der Waals surface area contributed by atoms with Crippen LogP contribution >= 0.6 is 0 Å². The highest BCUT2D eigenvalue weighted by Gasteiger charge is 2.13. The van der Waals surface area contributed by atoms with Crippen molar-refractivity contribution in [1.29, 1.82) is 0 Å². The van der Waals surface area contributed by atoms with Crippen molar-refractivity contribution in [2.75, 3.05) is 5.32 Å². The summed E-state index contributed by atoms with van der Waals surface area (Å²) in [6.45, 7) is 6.27. The van der Waals surface area contributed by atoms with Gasteiger partial charge >= 0.3 is 0 Å². The van der Waals surface area contributed by atoms with Crippen LogP contribution in [0.3, 0.4) is 0 Å². The maximum absolute atomic E-state index is 5.71. The predicted molar refractivity (Wildman–Crippen MR) is 77.4 cm³/mol. The summed E-state index contributed by atoms with van der Waals surface area (Å²) in [6.07, 6.45) is 6.99. The molecule has 0 radical (unpaired) electrons. The van der Waals surface area contributed by atoms with E-state index in [9.17, 15) is 0 Å². The van der Waals surface area contributed by atoms with Crippen LogP contribution in [0.4, 0.5) is 5.69 Å². The highest BCUT2D eigenvalue weighted by Crippen LogP contribution is 2.26. The molecule has 0 unspecified atom stereocenters. The van der Waals surface area contributed by atoms with Gasteiger partial charge in [-0.15, -0.1) is 0 Å². The molecule has 1 N–H and O–H groups in total. The monoisotopic (exact) mass is 247 g/mol. The van der Waals surface area contributed by atoms with Gasteiger partial charge in [0.15, 0.2) is 0 Å². The van der Waals surface area contributed by atoms with Crippen molar-refractivity contribution in [1.82, 2.24) is 0 Å². The summed E-state index contributed by atoms with van der Waals surface area (Å²) < 4.78 is 5.71. The molecule has 1 saturated carbocycles. The van der Waals surface area contributed by atoms with E-state index in [0.717, 1.165) is 5.75 Å². The second-order valence-corrected chi connectivity index (χ2v) is 5.62. The summed E-state index contributed by atoms with van der Waals surface area (Å²) in [7, 11) is 0. The number of hydrogen-bond acceptors (Lipinski definition) is 2. The van der Waals surface area contributed by atoms with Crippen molar-refractivity contribution in [2.45, 2.75) is 65.0 Å². The number of benzene rings is 1. The van der Waals surface area contributed by atoms with E-state index in [0.29, 0.717) is 6.04 Å². The molecule has 18 heavy (non-hydrogen) atoms. The van der Waals surface area contributed by atoms with Crippen LogP contribution in [0.1, 0.15) is 51.5 Å². The Balaban J connectivity index is 2.00. The third kappa shape index (κ3) is 3.66. The minimum atomic E-state index is 0.238. The normalized spacial score (nSPS) is 16.9. The molecule has 1 fully saturated rings. The number of nitrogens with one attached hydrogen (secondary N) is 1. The third-order valence-electron chi connectivity index (χ3n) is 3.53.